The maximum absolute atomic E-state index is 11.7. The minimum absolute atomic E-state index is 0.0532. The van der Waals surface area contributed by atoms with Crippen molar-refractivity contribution in [1.29, 1.82) is 0 Å². The van der Waals surface area contributed by atoms with Crippen molar-refractivity contribution in [3.8, 4) is 0 Å². The van der Waals surface area contributed by atoms with Crippen molar-refractivity contribution in [3.63, 3.8) is 0 Å². The maximum atomic E-state index is 11.7. The van der Waals surface area contributed by atoms with Crippen LogP contribution in [0.15, 0.2) is 12.1 Å². The highest BCUT2D eigenvalue weighted by Crippen LogP contribution is 2.33. The van der Waals surface area contributed by atoms with Gasteiger partial charge in [0, 0.05) is 31.8 Å². The summed E-state index contributed by atoms with van der Waals surface area (Å²) in [5.74, 6) is 1.21. The van der Waals surface area contributed by atoms with Crippen LogP contribution in [-0.2, 0) is 14.3 Å². The number of amides is 1. The molecule has 2 aliphatic heterocycles. The summed E-state index contributed by atoms with van der Waals surface area (Å²) in [6.45, 7) is 3.05. The molecule has 0 radical (unpaired) electrons. The number of aromatic nitrogens is 2. The highest BCUT2D eigenvalue weighted by atomic mass is 16.7. The quantitative estimate of drug-likeness (QED) is 0.903. The lowest BCUT2D eigenvalue weighted by atomic mass is 10.0. The number of ether oxygens (including phenoxy) is 2. The summed E-state index contributed by atoms with van der Waals surface area (Å²) in [7, 11) is 0. The van der Waals surface area contributed by atoms with Crippen molar-refractivity contribution in [3.05, 3.63) is 12.1 Å². The largest absolute Gasteiger partial charge is 0.355 e. The standard InChI is InChI=1S/C15H20N4O3/c20-14(11-1-2-11)16-12-3-4-13(18-17-12)19-7-5-15(6-8-19)21-9-10-22-15/h3-4,11H,1-2,5-10H2,(H,16,17,20). The SMILES string of the molecule is O=C(Nc1ccc(N2CCC3(CC2)OCCO3)nn1)C1CC1. The molecular formula is C15H20N4O3. The molecule has 0 atom stereocenters. The smallest absolute Gasteiger partial charge is 0.228 e. The number of piperidine rings is 1. The Labute approximate surface area is 129 Å². The number of carbonyl (C=O) groups is 1. The van der Waals surface area contributed by atoms with Gasteiger partial charge >= 0.3 is 0 Å². The van der Waals surface area contributed by atoms with E-state index in [1.807, 2.05) is 12.1 Å². The first-order valence-corrected chi connectivity index (χ1v) is 7.92. The van der Waals surface area contributed by atoms with Crippen molar-refractivity contribution in [2.45, 2.75) is 31.5 Å². The summed E-state index contributed by atoms with van der Waals surface area (Å²) in [6.07, 6.45) is 3.65. The molecule has 1 N–H and O–H groups in total. The van der Waals surface area contributed by atoms with Crippen LogP contribution in [0.5, 0.6) is 0 Å². The van der Waals surface area contributed by atoms with Crippen LogP contribution >= 0.6 is 0 Å². The Morgan fingerprint density at radius 1 is 1.18 bits per heavy atom. The second-order valence-electron chi connectivity index (χ2n) is 6.13. The van der Waals surface area contributed by atoms with Gasteiger partial charge < -0.3 is 19.7 Å². The fourth-order valence-corrected chi connectivity index (χ4v) is 3.00. The highest BCUT2D eigenvalue weighted by molar-refractivity contribution is 5.93. The maximum Gasteiger partial charge on any atom is 0.228 e. The van der Waals surface area contributed by atoms with Gasteiger partial charge in [0.25, 0.3) is 0 Å². The van der Waals surface area contributed by atoms with Crippen LogP contribution in [-0.4, -0.2) is 48.2 Å². The molecule has 0 unspecified atom stereocenters. The molecule has 7 heteroatoms. The van der Waals surface area contributed by atoms with Crippen LogP contribution in [0, 0.1) is 5.92 Å². The van der Waals surface area contributed by atoms with E-state index >= 15 is 0 Å². The molecule has 1 spiro atoms. The first-order valence-electron chi connectivity index (χ1n) is 7.92. The van der Waals surface area contributed by atoms with E-state index in [1.165, 1.54) is 0 Å². The van der Waals surface area contributed by atoms with E-state index in [2.05, 4.69) is 20.4 Å². The topological polar surface area (TPSA) is 76.6 Å². The number of anilines is 2. The van der Waals surface area contributed by atoms with Crippen molar-refractivity contribution in [1.82, 2.24) is 10.2 Å². The third-order valence-electron chi connectivity index (χ3n) is 4.51. The van der Waals surface area contributed by atoms with Gasteiger partial charge in [-0.15, -0.1) is 10.2 Å². The first kappa shape index (κ1) is 13.9. The zero-order valence-electron chi connectivity index (χ0n) is 12.5. The van der Waals surface area contributed by atoms with E-state index in [1.54, 1.807) is 0 Å². The summed E-state index contributed by atoms with van der Waals surface area (Å²) in [6, 6.07) is 3.72. The van der Waals surface area contributed by atoms with Crippen molar-refractivity contribution < 1.29 is 14.3 Å². The van der Waals surface area contributed by atoms with Crippen molar-refractivity contribution in [2.24, 2.45) is 5.92 Å². The fourth-order valence-electron chi connectivity index (χ4n) is 3.00. The van der Waals surface area contributed by atoms with Crippen LogP contribution in [0.25, 0.3) is 0 Å². The van der Waals surface area contributed by atoms with Crippen molar-refractivity contribution in [2.75, 3.05) is 36.5 Å². The molecule has 2 saturated heterocycles. The van der Waals surface area contributed by atoms with E-state index in [-0.39, 0.29) is 17.6 Å². The molecule has 1 aliphatic carbocycles. The Balaban J connectivity index is 1.35. The second kappa shape index (κ2) is 5.48. The predicted octanol–water partition coefficient (Wildman–Crippen LogP) is 1.17. The van der Waals surface area contributed by atoms with Gasteiger partial charge in [0.15, 0.2) is 17.4 Å². The third-order valence-corrected chi connectivity index (χ3v) is 4.51. The molecule has 118 valence electrons. The molecule has 4 rings (SSSR count). The summed E-state index contributed by atoms with van der Waals surface area (Å²) in [5, 5.41) is 11.1. The molecule has 1 amide bonds. The number of hydrogen-bond donors (Lipinski definition) is 1. The zero-order chi connectivity index (χ0) is 15.0. The lowest BCUT2D eigenvalue weighted by Crippen LogP contribution is -2.45. The van der Waals surface area contributed by atoms with Gasteiger partial charge in [-0.3, -0.25) is 4.79 Å². The normalized spacial score (nSPS) is 23.7. The van der Waals surface area contributed by atoms with Crippen LogP contribution in [0.1, 0.15) is 25.7 Å². The van der Waals surface area contributed by atoms with Crippen molar-refractivity contribution >= 4 is 17.5 Å². The molecular weight excluding hydrogens is 284 g/mol. The molecule has 3 heterocycles. The minimum Gasteiger partial charge on any atom is -0.355 e. The Kier molecular flexibility index (Phi) is 3.46. The van der Waals surface area contributed by atoms with Gasteiger partial charge in [0.1, 0.15) is 0 Å². The van der Waals surface area contributed by atoms with Crippen LogP contribution in [0.3, 0.4) is 0 Å². The Morgan fingerprint density at radius 2 is 1.91 bits per heavy atom. The average Bonchev–Trinajstić information content (AvgIpc) is 3.31. The van der Waals surface area contributed by atoms with Gasteiger partial charge in [-0.1, -0.05) is 0 Å². The molecule has 0 bridgehead atoms. The fraction of sp³-hybridized carbons (Fsp3) is 0.667. The third kappa shape index (κ3) is 2.78. The average molecular weight is 304 g/mol. The van der Waals surface area contributed by atoms with E-state index in [0.717, 1.165) is 44.6 Å². The van der Waals surface area contributed by atoms with E-state index in [9.17, 15) is 4.79 Å². The summed E-state index contributed by atoms with van der Waals surface area (Å²) >= 11 is 0. The van der Waals surface area contributed by atoms with Gasteiger partial charge in [-0.25, -0.2) is 0 Å². The summed E-state index contributed by atoms with van der Waals surface area (Å²) < 4.78 is 11.4. The number of hydrogen-bond acceptors (Lipinski definition) is 6. The first-order chi connectivity index (χ1) is 10.7. The lowest BCUT2D eigenvalue weighted by Gasteiger charge is -2.37. The number of nitrogens with zero attached hydrogens (tertiary/aromatic N) is 3. The molecule has 0 aromatic carbocycles. The zero-order valence-corrected chi connectivity index (χ0v) is 12.5. The van der Waals surface area contributed by atoms with E-state index in [0.29, 0.717) is 19.0 Å². The second-order valence-corrected chi connectivity index (χ2v) is 6.13. The Hall–Kier alpha value is -1.73. The molecule has 1 saturated carbocycles. The molecule has 3 aliphatic rings. The van der Waals surface area contributed by atoms with Crippen LogP contribution in [0.2, 0.25) is 0 Å². The predicted molar refractivity (Wildman–Crippen MR) is 79.5 cm³/mol. The molecule has 22 heavy (non-hydrogen) atoms. The van der Waals surface area contributed by atoms with Gasteiger partial charge in [0.2, 0.25) is 5.91 Å². The molecule has 3 fully saturated rings. The Bertz CT molecular complexity index is 542. The highest BCUT2D eigenvalue weighted by Gasteiger charge is 2.40. The lowest BCUT2D eigenvalue weighted by molar-refractivity contribution is -0.169. The molecule has 7 nitrogen and oxygen atoms in total. The number of carbonyl (C=O) groups excluding carboxylic acids is 1. The monoisotopic (exact) mass is 304 g/mol. The minimum atomic E-state index is -0.373. The van der Waals surface area contributed by atoms with Gasteiger partial charge in [-0.2, -0.15) is 0 Å². The summed E-state index contributed by atoms with van der Waals surface area (Å²) in [4.78, 5) is 13.9. The molecule has 1 aromatic heterocycles. The van der Waals surface area contributed by atoms with E-state index < -0.39 is 0 Å². The van der Waals surface area contributed by atoms with E-state index in [4.69, 9.17) is 9.47 Å². The van der Waals surface area contributed by atoms with Crippen LogP contribution < -0.4 is 10.2 Å². The number of rotatable bonds is 3. The van der Waals surface area contributed by atoms with Gasteiger partial charge in [0.05, 0.1) is 13.2 Å². The van der Waals surface area contributed by atoms with Crippen LogP contribution in [0.4, 0.5) is 11.6 Å². The summed E-state index contributed by atoms with van der Waals surface area (Å²) in [5.41, 5.74) is 0. The van der Waals surface area contributed by atoms with Gasteiger partial charge in [-0.05, 0) is 25.0 Å². The molecule has 1 aromatic rings. The Morgan fingerprint density at radius 3 is 2.50 bits per heavy atom. The number of nitrogens with one attached hydrogen (secondary N) is 1.